The van der Waals surface area contributed by atoms with Gasteiger partial charge in [-0.1, -0.05) is 30.3 Å². The first-order chi connectivity index (χ1) is 16.9. The standard InChI is InChI=1S/C23H26N8O4/c1-15(32)24-7-8-25-18-13-19(28-20(27-18)16-5-3-2-4-6-16)30-9-11-31(12-10-30)22(34)17-14-26-23(35)29-21(17)33/h2-6,13-14H,7-12H2,1H3,(H,24,32)(H,25,27,28)(H2,26,29,33,35). The molecule has 0 radical (unpaired) electrons. The van der Waals surface area contributed by atoms with Crippen molar-refractivity contribution >= 4 is 23.5 Å². The van der Waals surface area contributed by atoms with Crippen LogP contribution in [0.25, 0.3) is 11.4 Å². The first-order valence-corrected chi connectivity index (χ1v) is 11.2. The molecule has 2 amide bonds. The first-order valence-electron chi connectivity index (χ1n) is 11.2. The van der Waals surface area contributed by atoms with Gasteiger partial charge in [0, 0.05) is 64.0 Å². The van der Waals surface area contributed by atoms with E-state index in [0.29, 0.717) is 56.7 Å². The molecule has 1 aliphatic heterocycles. The maximum atomic E-state index is 12.8. The molecule has 1 aliphatic rings. The Labute approximate surface area is 200 Å². The van der Waals surface area contributed by atoms with Crippen LogP contribution < -0.4 is 26.8 Å². The maximum Gasteiger partial charge on any atom is 0.325 e. The summed E-state index contributed by atoms with van der Waals surface area (Å²) in [7, 11) is 0. The number of amides is 2. The number of hydrogen-bond acceptors (Lipinski definition) is 8. The van der Waals surface area contributed by atoms with Crippen molar-refractivity contribution in [2.75, 3.05) is 49.5 Å². The molecule has 2 aromatic heterocycles. The Hall–Kier alpha value is -4.48. The molecule has 4 rings (SSSR count). The van der Waals surface area contributed by atoms with E-state index in [2.05, 4.69) is 25.6 Å². The summed E-state index contributed by atoms with van der Waals surface area (Å²) >= 11 is 0. The maximum absolute atomic E-state index is 12.8. The van der Waals surface area contributed by atoms with Crippen molar-refractivity contribution in [3.63, 3.8) is 0 Å². The van der Waals surface area contributed by atoms with Gasteiger partial charge in [-0.15, -0.1) is 0 Å². The van der Waals surface area contributed by atoms with Crippen LogP contribution in [-0.2, 0) is 4.79 Å². The van der Waals surface area contributed by atoms with Crippen molar-refractivity contribution in [3.8, 4) is 11.4 Å². The van der Waals surface area contributed by atoms with Gasteiger partial charge in [-0.2, -0.15) is 0 Å². The molecule has 0 atom stereocenters. The first kappa shape index (κ1) is 23.7. The van der Waals surface area contributed by atoms with E-state index in [1.165, 1.54) is 6.92 Å². The number of rotatable bonds is 7. The van der Waals surface area contributed by atoms with Gasteiger partial charge in [0.15, 0.2) is 5.82 Å². The van der Waals surface area contributed by atoms with Gasteiger partial charge in [-0.25, -0.2) is 14.8 Å². The van der Waals surface area contributed by atoms with E-state index in [1.807, 2.05) is 41.3 Å². The average molecular weight is 479 g/mol. The zero-order valence-electron chi connectivity index (χ0n) is 19.2. The van der Waals surface area contributed by atoms with Gasteiger partial charge in [-0.3, -0.25) is 19.4 Å². The van der Waals surface area contributed by atoms with Crippen LogP contribution in [0.15, 0.2) is 52.2 Å². The van der Waals surface area contributed by atoms with Crippen LogP contribution in [0.2, 0.25) is 0 Å². The lowest BCUT2D eigenvalue weighted by atomic mass is 10.2. The van der Waals surface area contributed by atoms with Crippen LogP contribution in [-0.4, -0.2) is 75.9 Å². The molecule has 1 saturated heterocycles. The number of nitrogens with one attached hydrogen (secondary N) is 4. The second-order valence-corrected chi connectivity index (χ2v) is 7.98. The van der Waals surface area contributed by atoms with Crippen LogP contribution in [0.4, 0.5) is 11.6 Å². The highest BCUT2D eigenvalue weighted by molar-refractivity contribution is 5.93. The summed E-state index contributed by atoms with van der Waals surface area (Å²) < 4.78 is 0. The number of aromatic nitrogens is 4. The highest BCUT2D eigenvalue weighted by atomic mass is 16.2. The number of H-pyrrole nitrogens is 2. The highest BCUT2D eigenvalue weighted by Crippen LogP contribution is 2.23. The van der Waals surface area contributed by atoms with Crippen molar-refractivity contribution in [3.05, 3.63) is 69.0 Å². The number of carbonyl (C=O) groups is 2. The summed E-state index contributed by atoms with van der Waals surface area (Å²) in [6.07, 6.45) is 1.14. The largest absolute Gasteiger partial charge is 0.368 e. The molecule has 3 heterocycles. The molecule has 1 fully saturated rings. The average Bonchev–Trinajstić information content (AvgIpc) is 2.87. The summed E-state index contributed by atoms with van der Waals surface area (Å²) in [5.74, 6) is 1.35. The molecule has 12 nitrogen and oxygen atoms in total. The van der Waals surface area contributed by atoms with Crippen molar-refractivity contribution < 1.29 is 9.59 Å². The van der Waals surface area contributed by atoms with Crippen LogP contribution in [0, 0.1) is 0 Å². The number of anilines is 2. The molecule has 12 heteroatoms. The lowest BCUT2D eigenvalue weighted by molar-refractivity contribution is -0.118. The number of nitrogens with zero attached hydrogens (tertiary/aromatic N) is 4. The van der Waals surface area contributed by atoms with Gasteiger partial charge < -0.3 is 25.4 Å². The van der Waals surface area contributed by atoms with Crippen LogP contribution in [0.3, 0.4) is 0 Å². The molecule has 35 heavy (non-hydrogen) atoms. The molecule has 0 bridgehead atoms. The Morgan fingerprint density at radius 1 is 1.03 bits per heavy atom. The van der Waals surface area contributed by atoms with Gasteiger partial charge in [0.1, 0.15) is 17.2 Å². The topological polar surface area (TPSA) is 156 Å². The minimum absolute atomic E-state index is 0.0999. The Bertz CT molecular complexity index is 1310. The molecule has 3 aromatic rings. The molecule has 1 aromatic carbocycles. The summed E-state index contributed by atoms with van der Waals surface area (Å²) in [6.45, 7) is 4.20. The normalized spacial score (nSPS) is 13.4. The van der Waals surface area contributed by atoms with Crippen LogP contribution in [0.5, 0.6) is 0 Å². The third kappa shape index (κ3) is 5.91. The van der Waals surface area contributed by atoms with E-state index in [9.17, 15) is 19.2 Å². The Morgan fingerprint density at radius 3 is 2.46 bits per heavy atom. The smallest absolute Gasteiger partial charge is 0.325 e. The molecule has 0 aliphatic carbocycles. The number of hydrogen-bond donors (Lipinski definition) is 4. The molecule has 0 saturated carbocycles. The Balaban J connectivity index is 1.50. The minimum atomic E-state index is -0.709. The van der Waals surface area contributed by atoms with E-state index in [4.69, 9.17) is 4.98 Å². The fourth-order valence-electron chi connectivity index (χ4n) is 3.71. The van der Waals surface area contributed by atoms with Gasteiger partial charge in [0.05, 0.1) is 0 Å². The molecule has 0 spiro atoms. The lowest BCUT2D eigenvalue weighted by Crippen LogP contribution is -2.50. The molecular formula is C23H26N8O4. The molecular weight excluding hydrogens is 452 g/mol. The fraction of sp³-hybridized carbons (Fsp3) is 0.304. The second-order valence-electron chi connectivity index (χ2n) is 7.98. The summed E-state index contributed by atoms with van der Waals surface area (Å²) in [5.41, 5.74) is -0.599. The quantitative estimate of drug-likeness (QED) is 0.347. The van der Waals surface area contributed by atoms with Crippen LogP contribution >= 0.6 is 0 Å². The Kier molecular flexibility index (Phi) is 7.19. The van der Waals surface area contributed by atoms with E-state index in [0.717, 1.165) is 11.8 Å². The van der Waals surface area contributed by atoms with Crippen molar-refractivity contribution in [2.45, 2.75) is 6.92 Å². The van der Waals surface area contributed by atoms with Crippen molar-refractivity contribution in [1.82, 2.24) is 30.2 Å². The zero-order valence-corrected chi connectivity index (χ0v) is 19.2. The number of benzene rings is 1. The monoisotopic (exact) mass is 478 g/mol. The van der Waals surface area contributed by atoms with Gasteiger partial charge >= 0.3 is 5.69 Å². The molecule has 4 N–H and O–H groups in total. The van der Waals surface area contributed by atoms with E-state index >= 15 is 0 Å². The minimum Gasteiger partial charge on any atom is -0.368 e. The Morgan fingerprint density at radius 2 is 1.77 bits per heavy atom. The third-order valence-corrected chi connectivity index (χ3v) is 5.49. The SMILES string of the molecule is CC(=O)NCCNc1cc(N2CCN(C(=O)c3c[nH]c(=O)[nH]c3=O)CC2)nc(-c2ccccc2)n1. The fourth-order valence-corrected chi connectivity index (χ4v) is 3.71. The van der Waals surface area contributed by atoms with Crippen molar-refractivity contribution in [2.24, 2.45) is 0 Å². The zero-order chi connectivity index (χ0) is 24.8. The second kappa shape index (κ2) is 10.6. The third-order valence-electron chi connectivity index (χ3n) is 5.49. The number of aromatic amines is 2. The summed E-state index contributed by atoms with van der Waals surface area (Å²) in [5, 5.41) is 5.96. The van der Waals surface area contributed by atoms with Crippen molar-refractivity contribution in [1.29, 1.82) is 0 Å². The predicted molar refractivity (Wildman–Crippen MR) is 130 cm³/mol. The number of carbonyl (C=O) groups excluding carboxylic acids is 2. The molecule has 0 unspecified atom stereocenters. The van der Waals surface area contributed by atoms with E-state index < -0.39 is 17.2 Å². The van der Waals surface area contributed by atoms with E-state index in [-0.39, 0.29) is 11.5 Å². The predicted octanol–water partition coefficient (Wildman–Crippen LogP) is 0.0306. The summed E-state index contributed by atoms with van der Waals surface area (Å²) in [6, 6.07) is 11.4. The van der Waals surface area contributed by atoms with Gasteiger partial charge in [0.2, 0.25) is 5.91 Å². The van der Waals surface area contributed by atoms with Gasteiger partial charge in [0.25, 0.3) is 11.5 Å². The van der Waals surface area contributed by atoms with Gasteiger partial charge in [-0.05, 0) is 0 Å². The van der Waals surface area contributed by atoms with E-state index in [1.54, 1.807) is 4.90 Å². The van der Waals surface area contributed by atoms with Crippen LogP contribution in [0.1, 0.15) is 17.3 Å². The lowest BCUT2D eigenvalue weighted by Gasteiger charge is -2.35. The summed E-state index contributed by atoms with van der Waals surface area (Å²) in [4.78, 5) is 64.5. The highest BCUT2D eigenvalue weighted by Gasteiger charge is 2.25. The molecule has 182 valence electrons. The number of piperazine rings is 1.